The maximum absolute atomic E-state index is 13.5. The number of carbonyl (C=O) groups is 3. The van der Waals surface area contributed by atoms with E-state index in [0.717, 1.165) is 18.5 Å². The number of aromatic nitrogens is 3. The molecule has 4 N–H and O–H groups in total. The van der Waals surface area contributed by atoms with Gasteiger partial charge >= 0.3 is 0 Å². The maximum atomic E-state index is 13.5. The highest BCUT2D eigenvalue weighted by Gasteiger charge is 2.29. The van der Waals surface area contributed by atoms with Crippen molar-refractivity contribution in [3.8, 4) is 0 Å². The standard InChI is InChI=1S/C25H37N7O3/c1-17(2)23-24-28-18(3)31-32(24)16-22(34)27-14-8-13-26-12-7-11-21(33)29-20(25(35)30-23)15-19-9-5-4-6-10-19/h4-6,9-10,17,20,23,26H,7-8,11-16H2,1-3H3,(H,27,34)(H,29,33)(H,30,35)/t20-,23+/m1/s1. The van der Waals surface area contributed by atoms with E-state index < -0.39 is 12.1 Å². The first-order chi connectivity index (χ1) is 16.8. The lowest BCUT2D eigenvalue weighted by Gasteiger charge is -2.26. The zero-order chi connectivity index (χ0) is 25.2. The molecule has 190 valence electrons. The quantitative estimate of drug-likeness (QED) is 0.516. The number of rotatable bonds is 3. The monoisotopic (exact) mass is 483 g/mol. The molecule has 0 fully saturated rings. The third-order valence-electron chi connectivity index (χ3n) is 5.89. The molecule has 1 aliphatic rings. The van der Waals surface area contributed by atoms with Gasteiger partial charge in [0.25, 0.3) is 0 Å². The first-order valence-electron chi connectivity index (χ1n) is 12.4. The van der Waals surface area contributed by atoms with Crippen LogP contribution in [0.15, 0.2) is 30.3 Å². The number of benzene rings is 1. The highest BCUT2D eigenvalue weighted by Crippen LogP contribution is 2.21. The molecule has 0 unspecified atom stereocenters. The number of aryl methyl sites for hydroxylation is 1. The number of carbonyl (C=O) groups excluding carboxylic acids is 3. The summed E-state index contributed by atoms with van der Waals surface area (Å²) in [6.45, 7) is 7.70. The predicted molar refractivity (Wildman–Crippen MR) is 132 cm³/mol. The Morgan fingerprint density at radius 3 is 2.49 bits per heavy atom. The zero-order valence-corrected chi connectivity index (χ0v) is 20.8. The van der Waals surface area contributed by atoms with E-state index in [1.165, 1.54) is 0 Å². The van der Waals surface area contributed by atoms with Crippen molar-refractivity contribution in [3.05, 3.63) is 47.5 Å². The Kier molecular flexibility index (Phi) is 9.77. The SMILES string of the molecule is Cc1nc2n(n1)CC(=O)NCCCNCCCC(=O)N[C@H](Cc1ccccc1)C(=O)N[C@H]2C(C)C. The molecule has 0 radical (unpaired) electrons. The van der Waals surface area contributed by atoms with Crippen LogP contribution in [0.25, 0.3) is 0 Å². The molecule has 10 nitrogen and oxygen atoms in total. The minimum atomic E-state index is -0.737. The first kappa shape index (κ1) is 26.3. The summed E-state index contributed by atoms with van der Waals surface area (Å²) in [5.41, 5.74) is 0.952. The van der Waals surface area contributed by atoms with Crippen LogP contribution in [-0.4, -0.2) is 58.2 Å². The van der Waals surface area contributed by atoms with Crippen molar-refractivity contribution in [2.45, 2.75) is 65.1 Å². The lowest BCUT2D eigenvalue weighted by atomic mass is 10.0. The van der Waals surface area contributed by atoms with Gasteiger partial charge in [-0.1, -0.05) is 44.2 Å². The third kappa shape index (κ3) is 8.17. The minimum Gasteiger partial charge on any atom is -0.354 e. The molecule has 3 rings (SSSR count). The van der Waals surface area contributed by atoms with Crippen LogP contribution in [0.1, 0.15) is 56.4 Å². The van der Waals surface area contributed by atoms with Gasteiger partial charge in [0.2, 0.25) is 17.7 Å². The Hall–Kier alpha value is -3.27. The van der Waals surface area contributed by atoms with Crippen LogP contribution in [0.2, 0.25) is 0 Å². The summed E-state index contributed by atoms with van der Waals surface area (Å²) >= 11 is 0. The van der Waals surface area contributed by atoms with Gasteiger partial charge in [-0.05, 0) is 44.3 Å². The van der Waals surface area contributed by atoms with Crippen LogP contribution in [-0.2, 0) is 27.3 Å². The highest BCUT2D eigenvalue weighted by atomic mass is 16.2. The molecule has 2 heterocycles. The molecule has 0 spiro atoms. The van der Waals surface area contributed by atoms with Gasteiger partial charge < -0.3 is 21.3 Å². The molecule has 35 heavy (non-hydrogen) atoms. The normalized spacial score (nSPS) is 21.3. The molecule has 2 aromatic rings. The fraction of sp³-hybridized carbons (Fsp3) is 0.560. The maximum Gasteiger partial charge on any atom is 0.243 e. The van der Waals surface area contributed by atoms with E-state index in [1.54, 1.807) is 11.6 Å². The molecule has 0 bridgehead atoms. The molecule has 0 saturated carbocycles. The van der Waals surface area contributed by atoms with Gasteiger partial charge in [0.05, 0.1) is 6.04 Å². The van der Waals surface area contributed by atoms with Gasteiger partial charge in [0.15, 0.2) is 5.82 Å². The molecular formula is C25H37N7O3. The van der Waals surface area contributed by atoms with Crippen molar-refractivity contribution >= 4 is 17.7 Å². The van der Waals surface area contributed by atoms with Crippen molar-refractivity contribution in [1.29, 1.82) is 0 Å². The van der Waals surface area contributed by atoms with Crippen LogP contribution in [0.5, 0.6) is 0 Å². The van der Waals surface area contributed by atoms with E-state index in [9.17, 15) is 14.4 Å². The van der Waals surface area contributed by atoms with E-state index in [1.807, 2.05) is 44.2 Å². The van der Waals surface area contributed by atoms with Crippen molar-refractivity contribution < 1.29 is 14.4 Å². The topological polar surface area (TPSA) is 130 Å². The molecule has 1 aromatic heterocycles. The van der Waals surface area contributed by atoms with Gasteiger partial charge in [-0.2, -0.15) is 5.10 Å². The van der Waals surface area contributed by atoms with Crippen molar-refractivity contribution in [2.24, 2.45) is 5.92 Å². The third-order valence-corrected chi connectivity index (χ3v) is 5.89. The van der Waals surface area contributed by atoms with E-state index >= 15 is 0 Å². The number of hydrogen-bond acceptors (Lipinski definition) is 6. The highest BCUT2D eigenvalue weighted by molar-refractivity contribution is 5.88. The second-order valence-corrected chi connectivity index (χ2v) is 9.27. The summed E-state index contributed by atoms with van der Waals surface area (Å²) in [4.78, 5) is 43.2. The van der Waals surface area contributed by atoms with Crippen molar-refractivity contribution in [2.75, 3.05) is 19.6 Å². The van der Waals surface area contributed by atoms with E-state index in [2.05, 4.69) is 31.3 Å². The molecular weight excluding hydrogens is 446 g/mol. The number of fused-ring (bicyclic) bond motifs is 1. The number of nitrogens with one attached hydrogen (secondary N) is 4. The fourth-order valence-electron chi connectivity index (χ4n) is 4.06. The largest absolute Gasteiger partial charge is 0.354 e. The Morgan fingerprint density at radius 2 is 1.74 bits per heavy atom. The van der Waals surface area contributed by atoms with E-state index in [0.29, 0.717) is 44.0 Å². The lowest BCUT2D eigenvalue weighted by molar-refractivity contribution is -0.129. The molecule has 2 atom stereocenters. The Bertz CT molecular complexity index is 990. The lowest BCUT2D eigenvalue weighted by Crippen LogP contribution is -2.50. The molecule has 3 amide bonds. The first-order valence-corrected chi connectivity index (χ1v) is 12.4. The van der Waals surface area contributed by atoms with Gasteiger partial charge in [-0.25, -0.2) is 9.67 Å². The summed E-state index contributed by atoms with van der Waals surface area (Å²) in [5, 5.41) is 16.6. The average Bonchev–Trinajstić information content (AvgIpc) is 3.17. The van der Waals surface area contributed by atoms with E-state index in [4.69, 9.17) is 0 Å². The Morgan fingerprint density at radius 1 is 1.00 bits per heavy atom. The van der Waals surface area contributed by atoms with Crippen LogP contribution < -0.4 is 21.3 Å². The van der Waals surface area contributed by atoms with E-state index in [-0.39, 0.29) is 30.2 Å². The number of hydrogen-bond donors (Lipinski definition) is 4. The molecule has 1 aliphatic heterocycles. The summed E-state index contributed by atoms with van der Waals surface area (Å²) in [7, 11) is 0. The van der Waals surface area contributed by atoms with Gasteiger partial charge in [-0.3, -0.25) is 14.4 Å². The van der Waals surface area contributed by atoms with Crippen molar-refractivity contribution in [3.63, 3.8) is 0 Å². The Balaban J connectivity index is 1.88. The number of amides is 3. The zero-order valence-electron chi connectivity index (χ0n) is 20.8. The predicted octanol–water partition coefficient (Wildman–Crippen LogP) is 1.02. The second-order valence-electron chi connectivity index (χ2n) is 9.27. The van der Waals surface area contributed by atoms with Crippen LogP contribution in [0.4, 0.5) is 0 Å². The van der Waals surface area contributed by atoms with Gasteiger partial charge in [0, 0.05) is 19.4 Å². The Labute approximate surface area is 206 Å². The summed E-state index contributed by atoms with van der Waals surface area (Å²) < 4.78 is 1.56. The van der Waals surface area contributed by atoms with Crippen LogP contribution in [0, 0.1) is 12.8 Å². The average molecular weight is 484 g/mol. The summed E-state index contributed by atoms with van der Waals surface area (Å²) in [5.74, 6) is 0.424. The minimum absolute atomic E-state index is 0.0193. The smallest absolute Gasteiger partial charge is 0.243 e. The molecule has 1 aromatic carbocycles. The molecule has 10 heteroatoms. The second kappa shape index (κ2) is 13.0. The summed E-state index contributed by atoms with van der Waals surface area (Å²) in [6.07, 6.45) is 2.14. The van der Waals surface area contributed by atoms with Crippen LogP contribution >= 0.6 is 0 Å². The number of nitrogens with zero attached hydrogens (tertiary/aromatic N) is 3. The molecule has 0 aliphatic carbocycles. The fourth-order valence-corrected chi connectivity index (χ4v) is 4.06. The summed E-state index contributed by atoms with van der Waals surface area (Å²) in [6, 6.07) is 8.40. The van der Waals surface area contributed by atoms with Crippen molar-refractivity contribution in [1.82, 2.24) is 36.0 Å². The van der Waals surface area contributed by atoms with Gasteiger partial charge in [0.1, 0.15) is 18.4 Å². The van der Waals surface area contributed by atoms with Crippen LogP contribution in [0.3, 0.4) is 0 Å². The molecule has 0 saturated heterocycles. The van der Waals surface area contributed by atoms with Gasteiger partial charge in [-0.15, -0.1) is 0 Å².